The van der Waals surface area contributed by atoms with E-state index >= 15 is 0 Å². The zero-order chi connectivity index (χ0) is 14.6. The van der Waals surface area contributed by atoms with Crippen molar-refractivity contribution in [2.75, 3.05) is 7.11 Å². The Labute approximate surface area is 116 Å². The summed E-state index contributed by atoms with van der Waals surface area (Å²) in [7, 11) is 1.26. The number of esters is 1. The van der Waals surface area contributed by atoms with Gasteiger partial charge in [-0.3, -0.25) is 14.4 Å². The number of rotatable bonds is 6. The summed E-state index contributed by atoms with van der Waals surface area (Å²) in [6.07, 6.45) is 2.21. The first-order valence-electron chi connectivity index (χ1n) is 5.85. The molecule has 0 aliphatic rings. The quantitative estimate of drug-likeness (QED) is 0.346. The first-order chi connectivity index (χ1) is 8.86. The SMILES string of the molecule is COC(=O)Cn1ccc(CC(C)C)c1C(=O)C(=O)Cl. The number of halogens is 1. The molecule has 104 valence electrons. The maximum absolute atomic E-state index is 11.8. The Bertz CT molecular complexity index is 505. The molecule has 0 bridgehead atoms. The van der Waals surface area contributed by atoms with Crippen LogP contribution >= 0.6 is 11.6 Å². The van der Waals surface area contributed by atoms with Crippen LogP contribution in [-0.2, 0) is 27.3 Å². The van der Waals surface area contributed by atoms with E-state index in [4.69, 9.17) is 11.6 Å². The minimum absolute atomic E-state index is 0.125. The molecule has 0 radical (unpaired) electrons. The maximum atomic E-state index is 11.8. The maximum Gasteiger partial charge on any atom is 0.325 e. The van der Waals surface area contributed by atoms with Gasteiger partial charge in [-0.2, -0.15) is 0 Å². The largest absolute Gasteiger partial charge is 0.468 e. The van der Waals surface area contributed by atoms with Gasteiger partial charge in [-0.05, 0) is 35.6 Å². The van der Waals surface area contributed by atoms with Gasteiger partial charge in [-0.15, -0.1) is 0 Å². The molecule has 0 amide bonds. The minimum Gasteiger partial charge on any atom is -0.468 e. The van der Waals surface area contributed by atoms with Gasteiger partial charge in [0.2, 0.25) is 0 Å². The van der Waals surface area contributed by atoms with Crippen LogP contribution < -0.4 is 0 Å². The van der Waals surface area contributed by atoms with Gasteiger partial charge < -0.3 is 9.30 Å². The molecule has 5 nitrogen and oxygen atoms in total. The van der Waals surface area contributed by atoms with Crippen molar-refractivity contribution in [3.05, 3.63) is 23.5 Å². The third-order valence-electron chi connectivity index (χ3n) is 2.60. The van der Waals surface area contributed by atoms with Crippen LogP contribution in [-0.4, -0.2) is 28.7 Å². The molecule has 0 N–H and O–H groups in total. The van der Waals surface area contributed by atoms with Crippen LogP contribution in [0.25, 0.3) is 0 Å². The van der Waals surface area contributed by atoms with Gasteiger partial charge in [0.15, 0.2) is 0 Å². The number of hydrogen-bond acceptors (Lipinski definition) is 4. The fraction of sp³-hybridized carbons (Fsp3) is 0.462. The van der Waals surface area contributed by atoms with Crippen molar-refractivity contribution in [2.24, 2.45) is 5.92 Å². The van der Waals surface area contributed by atoms with Crippen molar-refractivity contribution in [1.82, 2.24) is 4.57 Å². The molecule has 0 aliphatic heterocycles. The minimum atomic E-state index is -1.06. The van der Waals surface area contributed by atoms with Crippen LogP contribution in [0.5, 0.6) is 0 Å². The first-order valence-corrected chi connectivity index (χ1v) is 6.23. The summed E-state index contributed by atoms with van der Waals surface area (Å²) in [5.41, 5.74) is 0.872. The van der Waals surface area contributed by atoms with E-state index in [0.29, 0.717) is 17.9 Å². The Kier molecular flexibility index (Phi) is 5.30. The number of ether oxygens (including phenoxy) is 1. The number of carbonyl (C=O) groups is 3. The van der Waals surface area contributed by atoms with E-state index in [-0.39, 0.29) is 12.2 Å². The Morgan fingerprint density at radius 3 is 2.47 bits per heavy atom. The van der Waals surface area contributed by atoms with Crippen LogP contribution in [0.4, 0.5) is 0 Å². The van der Waals surface area contributed by atoms with Gasteiger partial charge in [0, 0.05) is 6.20 Å². The Morgan fingerprint density at radius 1 is 1.37 bits per heavy atom. The van der Waals surface area contributed by atoms with Gasteiger partial charge in [0.05, 0.1) is 12.8 Å². The lowest BCUT2D eigenvalue weighted by molar-refractivity contribution is -0.141. The van der Waals surface area contributed by atoms with Crippen LogP contribution in [0, 0.1) is 5.92 Å². The monoisotopic (exact) mass is 285 g/mol. The summed E-state index contributed by atoms with van der Waals surface area (Å²) < 4.78 is 5.95. The number of ketones is 1. The van der Waals surface area contributed by atoms with E-state index in [2.05, 4.69) is 4.74 Å². The number of Topliss-reactive ketones (excluding diaryl/α,β-unsaturated/α-hetero) is 1. The standard InChI is InChI=1S/C13H16ClNO4/c1-8(2)6-9-4-5-15(7-10(16)19-3)11(9)12(17)13(14)18/h4-5,8H,6-7H2,1-3H3. The Morgan fingerprint density at radius 2 is 2.00 bits per heavy atom. The van der Waals surface area contributed by atoms with Crippen molar-refractivity contribution in [3.63, 3.8) is 0 Å². The molecule has 0 saturated carbocycles. The summed E-state index contributed by atoms with van der Waals surface area (Å²) in [6, 6.07) is 1.72. The van der Waals surface area contributed by atoms with Crippen LogP contribution in [0.1, 0.15) is 29.9 Å². The van der Waals surface area contributed by atoms with Crippen LogP contribution in [0.15, 0.2) is 12.3 Å². The highest BCUT2D eigenvalue weighted by Gasteiger charge is 2.23. The molecule has 1 rings (SSSR count). The zero-order valence-corrected chi connectivity index (χ0v) is 11.9. The lowest BCUT2D eigenvalue weighted by Gasteiger charge is -2.09. The molecule has 0 atom stereocenters. The summed E-state index contributed by atoms with van der Waals surface area (Å²) in [5, 5.41) is -1.06. The second-order valence-corrected chi connectivity index (χ2v) is 4.94. The van der Waals surface area contributed by atoms with Crippen molar-refractivity contribution < 1.29 is 19.1 Å². The highest BCUT2D eigenvalue weighted by Crippen LogP contribution is 2.18. The van der Waals surface area contributed by atoms with Crippen molar-refractivity contribution >= 4 is 28.6 Å². The third-order valence-corrected chi connectivity index (χ3v) is 2.77. The van der Waals surface area contributed by atoms with Gasteiger partial charge in [0.1, 0.15) is 6.54 Å². The number of aromatic nitrogens is 1. The lowest BCUT2D eigenvalue weighted by atomic mass is 10.0. The molecule has 19 heavy (non-hydrogen) atoms. The molecule has 1 aromatic heterocycles. The van der Waals surface area contributed by atoms with Gasteiger partial charge in [-0.25, -0.2) is 0 Å². The predicted octanol–water partition coefficient (Wildman–Crippen LogP) is 1.81. The van der Waals surface area contributed by atoms with E-state index < -0.39 is 17.0 Å². The first kappa shape index (κ1) is 15.4. The molecule has 0 fully saturated rings. The van der Waals surface area contributed by atoms with E-state index in [1.165, 1.54) is 11.7 Å². The van der Waals surface area contributed by atoms with E-state index in [1.807, 2.05) is 13.8 Å². The van der Waals surface area contributed by atoms with E-state index in [1.54, 1.807) is 12.3 Å². The fourth-order valence-corrected chi connectivity index (χ4v) is 1.92. The van der Waals surface area contributed by atoms with E-state index in [0.717, 1.165) is 0 Å². The smallest absolute Gasteiger partial charge is 0.325 e. The van der Waals surface area contributed by atoms with Gasteiger partial charge in [0.25, 0.3) is 11.0 Å². The molecule has 0 aliphatic carbocycles. The second kappa shape index (κ2) is 6.52. The average Bonchev–Trinajstić information content (AvgIpc) is 2.69. The van der Waals surface area contributed by atoms with Crippen molar-refractivity contribution in [1.29, 1.82) is 0 Å². The fourth-order valence-electron chi connectivity index (χ4n) is 1.83. The normalized spacial score (nSPS) is 10.6. The summed E-state index contributed by atoms with van der Waals surface area (Å²) in [4.78, 5) is 34.2. The predicted molar refractivity (Wildman–Crippen MR) is 70.2 cm³/mol. The average molecular weight is 286 g/mol. The molecule has 1 aromatic rings. The summed E-state index contributed by atoms with van der Waals surface area (Å²) >= 11 is 5.25. The number of carbonyl (C=O) groups excluding carboxylic acids is 3. The number of methoxy groups -OCH3 is 1. The molecule has 0 aromatic carbocycles. The van der Waals surface area contributed by atoms with Crippen LogP contribution in [0.3, 0.4) is 0 Å². The molecule has 0 saturated heterocycles. The Balaban J connectivity index is 3.17. The van der Waals surface area contributed by atoms with Crippen LogP contribution in [0.2, 0.25) is 0 Å². The highest BCUT2D eigenvalue weighted by atomic mass is 35.5. The molecule has 0 spiro atoms. The van der Waals surface area contributed by atoms with E-state index in [9.17, 15) is 14.4 Å². The van der Waals surface area contributed by atoms with Gasteiger partial charge >= 0.3 is 5.97 Å². The molecular weight excluding hydrogens is 270 g/mol. The third kappa shape index (κ3) is 3.92. The van der Waals surface area contributed by atoms with Crippen molar-refractivity contribution in [3.8, 4) is 0 Å². The molecule has 0 unspecified atom stereocenters. The molecule has 6 heteroatoms. The van der Waals surface area contributed by atoms with Gasteiger partial charge in [-0.1, -0.05) is 13.8 Å². The second-order valence-electron chi connectivity index (χ2n) is 4.59. The molecular formula is C13H16ClNO4. The van der Waals surface area contributed by atoms with Crippen molar-refractivity contribution in [2.45, 2.75) is 26.8 Å². The number of nitrogens with zero attached hydrogens (tertiary/aromatic N) is 1. The highest BCUT2D eigenvalue weighted by molar-refractivity contribution is 6.83. The Hall–Kier alpha value is -1.62. The zero-order valence-electron chi connectivity index (χ0n) is 11.1. The number of hydrogen-bond donors (Lipinski definition) is 0. The summed E-state index contributed by atoms with van der Waals surface area (Å²) in [5.74, 6) is -0.986. The molecule has 1 heterocycles. The summed E-state index contributed by atoms with van der Waals surface area (Å²) in [6.45, 7) is 3.86. The lowest BCUT2D eigenvalue weighted by Crippen LogP contribution is -2.20. The topological polar surface area (TPSA) is 65.4 Å².